The number of para-hydroxylation sites is 1. The number of methoxy groups -OCH3 is 1. The van der Waals surface area contributed by atoms with Crippen LogP contribution < -0.4 is 15.8 Å². The molecule has 3 aromatic rings. The number of carbonyl (C=O) groups excluding carboxylic acids is 2. The molecule has 0 fully saturated rings. The Morgan fingerprint density at radius 3 is 2.61 bits per heavy atom. The molecule has 0 saturated carbocycles. The number of anilines is 1. The highest BCUT2D eigenvalue weighted by atomic mass is 16.5. The number of hydrogen-bond donors (Lipinski definition) is 3. The smallest absolute Gasteiger partial charge is 0.277 e. The molecular weight excluding hydrogens is 362 g/mol. The van der Waals surface area contributed by atoms with Gasteiger partial charge < -0.3 is 20.9 Å². The molecule has 0 aliphatic carbocycles. The summed E-state index contributed by atoms with van der Waals surface area (Å²) < 4.78 is 6.62. The molecule has 0 bridgehead atoms. The monoisotopic (exact) mass is 381 g/mol. The van der Waals surface area contributed by atoms with Gasteiger partial charge in [-0.2, -0.15) is 0 Å². The number of aliphatic hydroxyl groups excluding tert-OH is 1. The highest BCUT2D eigenvalue weighted by Crippen LogP contribution is 2.25. The molecule has 2 aromatic carbocycles. The van der Waals surface area contributed by atoms with E-state index in [0.29, 0.717) is 22.6 Å². The summed E-state index contributed by atoms with van der Waals surface area (Å²) in [6.07, 6.45) is 0.557. The van der Waals surface area contributed by atoms with Crippen LogP contribution in [0.5, 0.6) is 5.75 Å². The first kappa shape index (κ1) is 19.1. The van der Waals surface area contributed by atoms with Crippen molar-refractivity contribution >= 4 is 17.5 Å². The highest BCUT2D eigenvalue weighted by Gasteiger charge is 2.16. The van der Waals surface area contributed by atoms with E-state index >= 15 is 0 Å². The molecule has 1 aromatic heterocycles. The first-order valence-electron chi connectivity index (χ1n) is 8.40. The van der Waals surface area contributed by atoms with Crippen molar-refractivity contribution in [3.63, 3.8) is 0 Å². The van der Waals surface area contributed by atoms with Gasteiger partial charge in [-0.3, -0.25) is 9.59 Å². The van der Waals surface area contributed by atoms with Crippen molar-refractivity contribution in [2.75, 3.05) is 12.4 Å². The van der Waals surface area contributed by atoms with Crippen molar-refractivity contribution in [1.82, 2.24) is 15.0 Å². The number of nitrogens with one attached hydrogen (secondary N) is 1. The number of nitrogens with two attached hydrogens (primary N) is 1. The zero-order valence-electron chi connectivity index (χ0n) is 15.1. The van der Waals surface area contributed by atoms with Crippen LogP contribution in [0.4, 0.5) is 5.69 Å². The van der Waals surface area contributed by atoms with Crippen LogP contribution >= 0.6 is 0 Å². The molecule has 1 heterocycles. The zero-order valence-corrected chi connectivity index (χ0v) is 15.1. The summed E-state index contributed by atoms with van der Waals surface area (Å²) in [4.78, 5) is 23.4. The zero-order chi connectivity index (χ0) is 20.1. The predicted molar refractivity (Wildman–Crippen MR) is 101 cm³/mol. The molecule has 144 valence electrons. The van der Waals surface area contributed by atoms with Gasteiger partial charge in [0, 0.05) is 16.8 Å². The highest BCUT2D eigenvalue weighted by molar-refractivity contribution is 6.03. The maximum absolute atomic E-state index is 12.3. The second-order valence-electron chi connectivity index (χ2n) is 5.98. The minimum atomic E-state index is -0.880. The molecule has 0 aliphatic rings. The lowest BCUT2D eigenvalue weighted by atomic mass is 10.1. The van der Waals surface area contributed by atoms with Crippen LogP contribution in [0, 0.1) is 0 Å². The molecule has 0 saturated heterocycles. The Balaban J connectivity index is 1.66. The summed E-state index contributed by atoms with van der Waals surface area (Å²) in [5.41, 5.74) is 6.71. The molecule has 3 rings (SSSR count). The molecule has 0 aliphatic heterocycles. The number of nitrogens with zero attached hydrogens (tertiary/aromatic N) is 3. The van der Waals surface area contributed by atoms with Gasteiger partial charge in [0.1, 0.15) is 11.9 Å². The van der Waals surface area contributed by atoms with Crippen molar-refractivity contribution in [3.8, 4) is 5.75 Å². The van der Waals surface area contributed by atoms with Gasteiger partial charge in [0.15, 0.2) is 5.69 Å². The number of aliphatic hydroxyl groups is 1. The number of hydrogen-bond acceptors (Lipinski definition) is 6. The Morgan fingerprint density at radius 2 is 1.93 bits per heavy atom. The van der Waals surface area contributed by atoms with E-state index in [1.807, 2.05) is 6.07 Å². The van der Waals surface area contributed by atoms with Crippen LogP contribution in [0.1, 0.15) is 32.5 Å². The molecule has 2 amide bonds. The van der Waals surface area contributed by atoms with Crippen molar-refractivity contribution < 1.29 is 19.4 Å². The number of aromatic nitrogens is 3. The van der Waals surface area contributed by atoms with Gasteiger partial charge in [-0.15, -0.1) is 5.10 Å². The second kappa shape index (κ2) is 8.31. The van der Waals surface area contributed by atoms with E-state index in [2.05, 4.69) is 15.6 Å². The Hall–Kier alpha value is -3.72. The third-order valence-electron chi connectivity index (χ3n) is 4.06. The van der Waals surface area contributed by atoms with Gasteiger partial charge in [0.05, 0.1) is 19.9 Å². The van der Waals surface area contributed by atoms with E-state index in [0.717, 1.165) is 0 Å². The molecule has 1 atom stereocenters. The summed E-state index contributed by atoms with van der Waals surface area (Å²) in [7, 11) is 1.53. The Labute approximate surface area is 160 Å². The van der Waals surface area contributed by atoms with E-state index in [1.165, 1.54) is 30.1 Å². The number of benzene rings is 2. The van der Waals surface area contributed by atoms with Gasteiger partial charge >= 0.3 is 0 Å². The summed E-state index contributed by atoms with van der Waals surface area (Å²) in [5, 5.41) is 20.8. The Bertz CT molecular complexity index is 984. The van der Waals surface area contributed by atoms with Crippen LogP contribution in [0.3, 0.4) is 0 Å². The normalized spacial score (nSPS) is 11.6. The molecular formula is C19H19N5O4. The SMILES string of the molecule is COc1ccccc1C(O)Cn1cc(C(=O)Nc2ccc(C(N)=O)cc2)nn1. The topological polar surface area (TPSA) is 132 Å². The van der Waals surface area contributed by atoms with Crippen molar-refractivity contribution in [1.29, 1.82) is 0 Å². The average Bonchev–Trinajstić information content (AvgIpc) is 3.17. The summed E-state index contributed by atoms with van der Waals surface area (Å²) in [5.74, 6) is -0.452. The summed E-state index contributed by atoms with van der Waals surface area (Å²) in [6.45, 7) is 0.105. The maximum atomic E-state index is 12.3. The van der Waals surface area contributed by atoms with Crippen LogP contribution in [0.25, 0.3) is 0 Å². The van der Waals surface area contributed by atoms with Gasteiger partial charge in [-0.25, -0.2) is 4.68 Å². The molecule has 0 radical (unpaired) electrons. The molecule has 28 heavy (non-hydrogen) atoms. The third kappa shape index (κ3) is 4.33. The van der Waals surface area contributed by atoms with Crippen molar-refractivity contribution in [3.05, 3.63) is 71.5 Å². The van der Waals surface area contributed by atoms with Gasteiger partial charge in [0.25, 0.3) is 5.91 Å². The first-order chi connectivity index (χ1) is 13.5. The Morgan fingerprint density at radius 1 is 1.21 bits per heavy atom. The van der Waals surface area contributed by atoms with E-state index in [1.54, 1.807) is 30.3 Å². The van der Waals surface area contributed by atoms with Crippen molar-refractivity contribution in [2.45, 2.75) is 12.6 Å². The summed E-state index contributed by atoms with van der Waals surface area (Å²) >= 11 is 0. The van der Waals surface area contributed by atoms with E-state index < -0.39 is 17.9 Å². The third-order valence-corrected chi connectivity index (χ3v) is 4.06. The quantitative estimate of drug-likeness (QED) is 0.566. The molecule has 4 N–H and O–H groups in total. The van der Waals surface area contributed by atoms with Crippen LogP contribution in [-0.2, 0) is 6.54 Å². The molecule has 0 spiro atoms. The fraction of sp³-hybridized carbons (Fsp3) is 0.158. The van der Waals surface area contributed by atoms with Gasteiger partial charge in [-0.1, -0.05) is 23.4 Å². The molecule has 1 unspecified atom stereocenters. The largest absolute Gasteiger partial charge is 0.496 e. The number of rotatable bonds is 7. The molecule has 9 nitrogen and oxygen atoms in total. The van der Waals surface area contributed by atoms with Crippen LogP contribution in [-0.4, -0.2) is 39.0 Å². The van der Waals surface area contributed by atoms with E-state index in [4.69, 9.17) is 10.5 Å². The number of carbonyl (C=O) groups is 2. The van der Waals surface area contributed by atoms with Crippen LogP contribution in [0.15, 0.2) is 54.7 Å². The van der Waals surface area contributed by atoms with E-state index in [-0.39, 0.29) is 12.2 Å². The summed E-state index contributed by atoms with van der Waals surface area (Å²) in [6, 6.07) is 13.3. The lowest BCUT2D eigenvalue weighted by Crippen LogP contribution is -2.14. The number of primary amides is 1. The first-order valence-corrected chi connectivity index (χ1v) is 8.40. The fourth-order valence-corrected chi connectivity index (χ4v) is 2.62. The second-order valence-corrected chi connectivity index (χ2v) is 5.98. The molecule has 9 heteroatoms. The minimum absolute atomic E-state index is 0.0891. The average molecular weight is 381 g/mol. The van der Waals surface area contributed by atoms with Crippen molar-refractivity contribution in [2.24, 2.45) is 5.73 Å². The maximum Gasteiger partial charge on any atom is 0.277 e. The minimum Gasteiger partial charge on any atom is -0.496 e. The fourth-order valence-electron chi connectivity index (χ4n) is 2.62. The van der Waals surface area contributed by atoms with E-state index in [9.17, 15) is 14.7 Å². The number of amides is 2. The standard InChI is InChI=1S/C19H19N5O4/c1-28-17-5-3-2-4-14(17)16(25)11-24-10-15(22-23-24)19(27)21-13-8-6-12(7-9-13)18(20)26/h2-10,16,25H,11H2,1H3,(H2,20,26)(H,21,27). The lowest BCUT2D eigenvalue weighted by molar-refractivity contribution is 0.0998. The van der Waals surface area contributed by atoms with Gasteiger partial charge in [0.2, 0.25) is 5.91 Å². The van der Waals surface area contributed by atoms with Gasteiger partial charge in [-0.05, 0) is 30.3 Å². The van der Waals surface area contributed by atoms with Crippen LogP contribution in [0.2, 0.25) is 0 Å². The Kier molecular flexibility index (Phi) is 5.66. The predicted octanol–water partition coefficient (Wildman–Crippen LogP) is 1.37. The number of ether oxygens (including phenoxy) is 1. The lowest BCUT2D eigenvalue weighted by Gasteiger charge is -2.14.